The van der Waals surface area contributed by atoms with Gasteiger partial charge in [0.1, 0.15) is 5.75 Å². The molecule has 2 amide bonds. The van der Waals surface area contributed by atoms with Crippen molar-refractivity contribution < 1.29 is 14.3 Å². The van der Waals surface area contributed by atoms with Gasteiger partial charge in [-0.2, -0.15) is 0 Å². The van der Waals surface area contributed by atoms with Crippen LogP contribution in [-0.2, 0) is 4.79 Å². The van der Waals surface area contributed by atoms with Gasteiger partial charge in [0.15, 0.2) is 0 Å². The van der Waals surface area contributed by atoms with Crippen molar-refractivity contribution in [1.29, 1.82) is 0 Å². The Balaban J connectivity index is 1.82. The fourth-order valence-corrected chi connectivity index (χ4v) is 4.66. The molecule has 4 rings (SSSR count). The summed E-state index contributed by atoms with van der Waals surface area (Å²) in [4.78, 5) is 30.7. The number of hydrogen-bond donors (Lipinski definition) is 0. The standard InChI is InChI=1S/C28H30N2O3/c1-4-11-27(31)29-20(2)18-26(24-16-8-9-17-25(24)29)30(22-13-6-5-7-14-22)28(32)21-12-10-15-23(19-21)33-3/h5-10,12-17,19-20,26H,4,11,18H2,1-3H3. The van der Waals surface area contributed by atoms with Gasteiger partial charge in [-0.3, -0.25) is 9.59 Å². The largest absolute Gasteiger partial charge is 0.497 e. The quantitative estimate of drug-likeness (QED) is 0.470. The van der Waals surface area contributed by atoms with Crippen LogP contribution in [0, 0.1) is 0 Å². The number of para-hydroxylation sites is 2. The molecule has 0 spiro atoms. The minimum atomic E-state index is -0.206. The minimum Gasteiger partial charge on any atom is -0.497 e. The first kappa shape index (κ1) is 22.6. The van der Waals surface area contributed by atoms with Crippen molar-refractivity contribution in [2.75, 3.05) is 16.9 Å². The topological polar surface area (TPSA) is 49.9 Å². The van der Waals surface area contributed by atoms with Crippen LogP contribution in [0.2, 0.25) is 0 Å². The monoisotopic (exact) mass is 442 g/mol. The molecule has 5 nitrogen and oxygen atoms in total. The number of carbonyl (C=O) groups excluding carboxylic acids is 2. The average molecular weight is 443 g/mol. The Morgan fingerprint density at radius 3 is 2.45 bits per heavy atom. The maximum absolute atomic E-state index is 13.9. The van der Waals surface area contributed by atoms with Crippen molar-refractivity contribution in [1.82, 2.24) is 0 Å². The number of amides is 2. The normalized spacial score (nSPS) is 17.2. The van der Waals surface area contributed by atoms with E-state index in [0.29, 0.717) is 24.2 Å². The Labute approximate surface area is 195 Å². The first-order chi connectivity index (χ1) is 16.0. The van der Waals surface area contributed by atoms with Gasteiger partial charge in [0, 0.05) is 29.4 Å². The molecule has 0 saturated carbocycles. The van der Waals surface area contributed by atoms with Crippen molar-refractivity contribution in [3.05, 3.63) is 90.0 Å². The molecular weight excluding hydrogens is 412 g/mol. The van der Waals surface area contributed by atoms with E-state index in [0.717, 1.165) is 23.4 Å². The van der Waals surface area contributed by atoms with Crippen LogP contribution in [-0.4, -0.2) is 25.0 Å². The van der Waals surface area contributed by atoms with E-state index in [1.54, 1.807) is 13.2 Å². The van der Waals surface area contributed by atoms with Gasteiger partial charge in [0.25, 0.3) is 5.91 Å². The molecule has 1 aliphatic rings. The number of benzene rings is 3. The molecule has 33 heavy (non-hydrogen) atoms. The summed E-state index contributed by atoms with van der Waals surface area (Å²) in [5.74, 6) is 0.671. The fraction of sp³-hybridized carbons (Fsp3) is 0.286. The van der Waals surface area contributed by atoms with Gasteiger partial charge in [0.2, 0.25) is 5.91 Å². The van der Waals surface area contributed by atoms with Gasteiger partial charge in [-0.15, -0.1) is 0 Å². The molecule has 0 radical (unpaired) electrons. The molecule has 1 heterocycles. The van der Waals surface area contributed by atoms with Gasteiger partial charge in [-0.1, -0.05) is 49.4 Å². The zero-order chi connectivity index (χ0) is 23.4. The number of carbonyl (C=O) groups is 2. The van der Waals surface area contributed by atoms with Crippen molar-refractivity contribution in [3.63, 3.8) is 0 Å². The lowest BCUT2D eigenvalue weighted by atomic mass is 9.89. The summed E-state index contributed by atoms with van der Waals surface area (Å²) in [6.07, 6.45) is 1.96. The maximum Gasteiger partial charge on any atom is 0.258 e. The number of hydrogen-bond acceptors (Lipinski definition) is 3. The summed E-state index contributed by atoms with van der Waals surface area (Å²) in [6.45, 7) is 4.08. The molecular formula is C28H30N2O3. The first-order valence-corrected chi connectivity index (χ1v) is 11.5. The number of anilines is 2. The molecule has 170 valence electrons. The number of methoxy groups -OCH3 is 1. The summed E-state index contributed by atoms with van der Waals surface area (Å²) >= 11 is 0. The lowest BCUT2D eigenvalue weighted by Crippen LogP contribution is -2.47. The maximum atomic E-state index is 13.9. The predicted octanol–water partition coefficient (Wildman–Crippen LogP) is 6.01. The molecule has 3 aromatic carbocycles. The van der Waals surface area contributed by atoms with Crippen LogP contribution in [0.4, 0.5) is 11.4 Å². The molecule has 0 aliphatic carbocycles. The lowest BCUT2D eigenvalue weighted by Gasteiger charge is -2.43. The van der Waals surface area contributed by atoms with Gasteiger partial charge in [0.05, 0.1) is 13.2 Å². The van der Waals surface area contributed by atoms with Crippen LogP contribution < -0.4 is 14.5 Å². The van der Waals surface area contributed by atoms with E-state index in [1.807, 2.05) is 89.5 Å². The van der Waals surface area contributed by atoms with E-state index in [2.05, 4.69) is 6.92 Å². The molecule has 0 aromatic heterocycles. The van der Waals surface area contributed by atoms with Gasteiger partial charge in [-0.05, 0) is 61.7 Å². The number of nitrogens with zero attached hydrogens (tertiary/aromatic N) is 2. The average Bonchev–Trinajstić information content (AvgIpc) is 2.85. The zero-order valence-corrected chi connectivity index (χ0v) is 19.4. The van der Waals surface area contributed by atoms with E-state index in [-0.39, 0.29) is 23.9 Å². The SMILES string of the molecule is CCCC(=O)N1c2ccccc2C(N(C(=O)c2cccc(OC)c2)c2ccccc2)CC1C. The molecule has 0 bridgehead atoms. The second-order valence-corrected chi connectivity index (χ2v) is 8.42. The highest BCUT2D eigenvalue weighted by molar-refractivity contribution is 6.07. The van der Waals surface area contributed by atoms with E-state index >= 15 is 0 Å². The summed E-state index contributed by atoms with van der Waals surface area (Å²) in [7, 11) is 1.60. The number of ether oxygens (including phenoxy) is 1. The third-order valence-corrected chi connectivity index (χ3v) is 6.17. The van der Waals surface area contributed by atoms with Gasteiger partial charge < -0.3 is 14.5 Å². The summed E-state index contributed by atoms with van der Waals surface area (Å²) in [5, 5.41) is 0. The summed E-state index contributed by atoms with van der Waals surface area (Å²) in [6, 6.07) is 24.7. The van der Waals surface area contributed by atoms with Crippen LogP contribution in [0.15, 0.2) is 78.9 Å². The summed E-state index contributed by atoms with van der Waals surface area (Å²) < 4.78 is 5.36. The van der Waals surface area contributed by atoms with Gasteiger partial charge >= 0.3 is 0 Å². The molecule has 0 fully saturated rings. The Bertz CT molecular complexity index is 1130. The van der Waals surface area contributed by atoms with Crippen molar-refractivity contribution in [2.45, 2.75) is 45.2 Å². The van der Waals surface area contributed by atoms with Crippen molar-refractivity contribution in [2.24, 2.45) is 0 Å². The van der Waals surface area contributed by atoms with Crippen LogP contribution in [0.1, 0.15) is 55.1 Å². The van der Waals surface area contributed by atoms with Crippen LogP contribution >= 0.6 is 0 Å². The highest BCUT2D eigenvalue weighted by Gasteiger charge is 2.38. The highest BCUT2D eigenvalue weighted by Crippen LogP contribution is 2.43. The van der Waals surface area contributed by atoms with Crippen LogP contribution in [0.25, 0.3) is 0 Å². The Morgan fingerprint density at radius 2 is 1.73 bits per heavy atom. The van der Waals surface area contributed by atoms with Crippen molar-refractivity contribution in [3.8, 4) is 5.75 Å². The zero-order valence-electron chi connectivity index (χ0n) is 19.4. The molecule has 5 heteroatoms. The highest BCUT2D eigenvalue weighted by atomic mass is 16.5. The van der Waals surface area contributed by atoms with Gasteiger partial charge in [-0.25, -0.2) is 0 Å². The second kappa shape index (κ2) is 9.90. The third-order valence-electron chi connectivity index (χ3n) is 6.17. The van der Waals surface area contributed by atoms with E-state index < -0.39 is 0 Å². The van der Waals surface area contributed by atoms with E-state index in [9.17, 15) is 9.59 Å². The molecule has 0 saturated heterocycles. The molecule has 1 aliphatic heterocycles. The molecule has 0 N–H and O–H groups in total. The Hall–Kier alpha value is -3.60. The Morgan fingerprint density at radius 1 is 1.00 bits per heavy atom. The molecule has 3 aromatic rings. The Kier molecular flexibility index (Phi) is 6.78. The lowest BCUT2D eigenvalue weighted by molar-refractivity contribution is -0.119. The predicted molar refractivity (Wildman–Crippen MR) is 132 cm³/mol. The summed E-state index contributed by atoms with van der Waals surface area (Å²) in [5.41, 5.74) is 3.26. The molecule has 2 unspecified atom stereocenters. The number of rotatable bonds is 6. The minimum absolute atomic E-state index is 0.0340. The second-order valence-electron chi connectivity index (χ2n) is 8.42. The van der Waals surface area contributed by atoms with Crippen molar-refractivity contribution >= 4 is 23.2 Å². The molecule has 2 atom stereocenters. The fourth-order valence-electron chi connectivity index (χ4n) is 4.66. The number of fused-ring (bicyclic) bond motifs is 1. The van der Waals surface area contributed by atoms with Crippen LogP contribution in [0.3, 0.4) is 0 Å². The first-order valence-electron chi connectivity index (χ1n) is 11.5. The van der Waals surface area contributed by atoms with Crippen LogP contribution in [0.5, 0.6) is 5.75 Å². The third kappa shape index (κ3) is 4.49. The smallest absolute Gasteiger partial charge is 0.258 e. The van der Waals surface area contributed by atoms with E-state index in [1.165, 1.54) is 0 Å². The van der Waals surface area contributed by atoms with E-state index in [4.69, 9.17) is 4.74 Å².